The molecule has 20 heavy (non-hydrogen) atoms. The Labute approximate surface area is 123 Å². The molecule has 0 spiro atoms. The van der Waals surface area contributed by atoms with Gasteiger partial charge in [-0.25, -0.2) is 0 Å². The monoisotopic (exact) mass is 298 g/mol. The topological polar surface area (TPSA) is 59.6 Å². The molecule has 1 amide bonds. The van der Waals surface area contributed by atoms with Crippen LogP contribution in [0.2, 0.25) is 5.02 Å². The van der Waals surface area contributed by atoms with Gasteiger partial charge < -0.3 is 20.1 Å². The maximum absolute atomic E-state index is 12.0. The van der Waals surface area contributed by atoms with Gasteiger partial charge in [-0.15, -0.1) is 0 Å². The first-order valence-corrected chi connectivity index (χ1v) is 7.03. The van der Waals surface area contributed by atoms with E-state index in [9.17, 15) is 4.79 Å². The van der Waals surface area contributed by atoms with E-state index in [1.165, 1.54) is 0 Å². The fraction of sp³-hybridized carbons (Fsp3) is 0.500. The van der Waals surface area contributed by atoms with Crippen molar-refractivity contribution in [1.82, 2.24) is 5.32 Å². The fourth-order valence-electron chi connectivity index (χ4n) is 1.88. The lowest BCUT2D eigenvalue weighted by atomic mass is 10.2. The van der Waals surface area contributed by atoms with Crippen molar-refractivity contribution >= 4 is 23.2 Å². The molecule has 1 aliphatic rings. The molecule has 5 nitrogen and oxygen atoms in total. The Morgan fingerprint density at radius 1 is 1.55 bits per heavy atom. The number of benzene rings is 1. The van der Waals surface area contributed by atoms with Crippen LogP contribution in [0.3, 0.4) is 0 Å². The Hall–Kier alpha value is -1.30. The molecule has 1 heterocycles. The highest BCUT2D eigenvalue weighted by atomic mass is 35.5. The molecule has 0 saturated carbocycles. The minimum absolute atomic E-state index is 0.0506. The Balaban J connectivity index is 1.99. The summed E-state index contributed by atoms with van der Waals surface area (Å²) in [5, 5.41) is 6.37. The van der Waals surface area contributed by atoms with Crippen LogP contribution in [-0.2, 0) is 9.53 Å². The summed E-state index contributed by atoms with van der Waals surface area (Å²) in [4.78, 5) is 12.0. The number of halogens is 1. The first kappa shape index (κ1) is 15.1. The predicted molar refractivity (Wildman–Crippen MR) is 78.5 cm³/mol. The number of carbonyl (C=O) groups is 1. The van der Waals surface area contributed by atoms with Crippen LogP contribution in [0.25, 0.3) is 0 Å². The van der Waals surface area contributed by atoms with E-state index in [0.717, 1.165) is 6.54 Å². The average molecular weight is 299 g/mol. The van der Waals surface area contributed by atoms with E-state index in [0.29, 0.717) is 29.6 Å². The van der Waals surface area contributed by atoms with Crippen LogP contribution in [0.15, 0.2) is 18.2 Å². The lowest BCUT2D eigenvalue weighted by molar-refractivity contribution is -0.128. The Morgan fingerprint density at radius 3 is 2.95 bits per heavy atom. The zero-order chi connectivity index (χ0) is 14.5. The summed E-state index contributed by atoms with van der Waals surface area (Å²) >= 11 is 6.12. The van der Waals surface area contributed by atoms with Crippen molar-refractivity contribution in [3.8, 4) is 5.75 Å². The normalized spacial score (nSPS) is 18.9. The Morgan fingerprint density at radius 2 is 2.35 bits per heavy atom. The van der Waals surface area contributed by atoms with E-state index >= 15 is 0 Å². The molecular formula is C14H19ClN2O3. The number of ether oxygens (including phenoxy) is 2. The molecule has 6 heteroatoms. The zero-order valence-corrected chi connectivity index (χ0v) is 12.4. The van der Waals surface area contributed by atoms with Crippen molar-refractivity contribution in [3.63, 3.8) is 0 Å². The SMILES string of the molecule is CC(C)Oc1ccc(NC(=O)C2CNCCO2)cc1Cl. The molecule has 1 unspecified atom stereocenters. The van der Waals surface area contributed by atoms with Crippen molar-refractivity contribution in [1.29, 1.82) is 0 Å². The van der Waals surface area contributed by atoms with Gasteiger partial charge in [-0.1, -0.05) is 11.6 Å². The van der Waals surface area contributed by atoms with Crippen molar-refractivity contribution < 1.29 is 14.3 Å². The van der Waals surface area contributed by atoms with Gasteiger partial charge in [0.2, 0.25) is 0 Å². The number of rotatable bonds is 4. The molecule has 2 rings (SSSR count). The summed E-state index contributed by atoms with van der Waals surface area (Å²) < 4.78 is 10.9. The minimum Gasteiger partial charge on any atom is -0.489 e. The van der Waals surface area contributed by atoms with E-state index in [4.69, 9.17) is 21.1 Å². The van der Waals surface area contributed by atoms with Gasteiger partial charge in [-0.2, -0.15) is 0 Å². The second-order valence-electron chi connectivity index (χ2n) is 4.86. The van der Waals surface area contributed by atoms with E-state index < -0.39 is 6.10 Å². The molecule has 1 aliphatic heterocycles. The quantitative estimate of drug-likeness (QED) is 0.893. The molecular weight excluding hydrogens is 280 g/mol. The van der Waals surface area contributed by atoms with Crippen LogP contribution in [0.4, 0.5) is 5.69 Å². The molecule has 1 aromatic carbocycles. The number of hydrogen-bond donors (Lipinski definition) is 2. The second-order valence-corrected chi connectivity index (χ2v) is 5.27. The summed E-state index contributed by atoms with van der Waals surface area (Å²) in [7, 11) is 0. The molecule has 1 aromatic rings. The number of morpholine rings is 1. The molecule has 1 atom stereocenters. The molecule has 0 radical (unpaired) electrons. The van der Waals surface area contributed by atoms with Gasteiger partial charge in [-0.05, 0) is 32.0 Å². The fourth-order valence-corrected chi connectivity index (χ4v) is 2.11. The van der Waals surface area contributed by atoms with Crippen LogP contribution in [0, 0.1) is 0 Å². The first-order valence-electron chi connectivity index (χ1n) is 6.65. The van der Waals surface area contributed by atoms with E-state index in [1.807, 2.05) is 13.8 Å². The summed E-state index contributed by atoms with van der Waals surface area (Å²) in [6.07, 6.45) is -0.413. The van der Waals surface area contributed by atoms with E-state index in [2.05, 4.69) is 10.6 Å². The standard InChI is InChI=1S/C14H19ClN2O3/c1-9(2)20-12-4-3-10(7-11(12)15)17-14(18)13-8-16-5-6-19-13/h3-4,7,9,13,16H,5-6,8H2,1-2H3,(H,17,18). The number of hydrogen-bond acceptors (Lipinski definition) is 4. The maximum atomic E-state index is 12.0. The largest absolute Gasteiger partial charge is 0.489 e. The molecule has 1 saturated heterocycles. The van der Waals surface area contributed by atoms with Crippen molar-refractivity contribution in [2.24, 2.45) is 0 Å². The van der Waals surface area contributed by atoms with Gasteiger partial charge in [0.1, 0.15) is 11.9 Å². The Bertz CT molecular complexity index is 473. The van der Waals surface area contributed by atoms with Crippen LogP contribution in [-0.4, -0.2) is 37.8 Å². The molecule has 1 fully saturated rings. The second kappa shape index (κ2) is 6.92. The van der Waals surface area contributed by atoms with Gasteiger partial charge in [-0.3, -0.25) is 4.79 Å². The molecule has 0 bridgehead atoms. The van der Waals surface area contributed by atoms with Gasteiger partial charge in [0.05, 0.1) is 17.7 Å². The van der Waals surface area contributed by atoms with Crippen molar-refractivity contribution in [2.45, 2.75) is 26.1 Å². The van der Waals surface area contributed by atoms with Crippen molar-refractivity contribution in [2.75, 3.05) is 25.0 Å². The summed E-state index contributed by atoms with van der Waals surface area (Å²) in [6, 6.07) is 5.18. The predicted octanol–water partition coefficient (Wildman–Crippen LogP) is 2.05. The molecule has 0 aromatic heterocycles. The van der Waals surface area contributed by atoms with E-state index in [1.54, 1.807) is 18.2 Å². The third-order valence-corrected chi connectivity index (χ3v) is 3.08. The number of amides is 1. The van der Waals surface area contributed by atoms with Gasteiger partial charge >= 0.3 is 0 Å². The van der Waals surface area contributed by atoms with Crippen LogP contribution < -0.4 is 15.4 Å². The van der Waals surface area contributed by atoms with Crippen LogP contribution in [0.1, 0.15) is 13.8 Å². The summed E-state index contributed by atoms with van der Waals surface area (Å²) in [5.41, 5.74) is 0.630. The van der Waals surface area contributed by atoms with Crippen LogP contribution in [0.5, 0.6) is 5.75 Å². The third kappa shape index (κ3) is 4.10. The first-order chi connectivity index (χ1) is 9.56. The Kier molecular flexibility index (Phi) is 5.23. The zero-order valence-electron chi connectivity index (χ0n) is 11.6. The summed E-state index contributed by atoms with van der Waals surface area (Å²) in [5.74, 6) is 0.432. The molecule has 2 N–H and O–H groups in total. The van der Waals surface area contributed by atoms with Gasteiger partial charge in [0.15, 0.2) is 0 Å². The smallest absolute Gasteiger partial charge is 0.254 e. The lowest BCUT2D eigenvalue weighted by Crippen LogP contribution is -2.45. The minimum atomic E-state index is -0.464. The third-order valence-electron chi connectivity index (χ3n) is 2.78. The molecule has 110 valence electrons. The number of nitrogens with one attached hydrogen (secondary N) is 2. The van der Waals surface area contributed by atoms with Gasteiger partial charge in [0, 0.05) is 18.8 Å². The van der Waals surface area contributed by atoms with Crippen molar-refractivity contribution in [3.05, 3.63) is 23.2 Å². The number of anilines is 1. The summed E-state index contributed by atoms with van der Waals surface area (Å²) in [6.45, 7) is 5.70. The lowest BCUT2D eigenvalue weighted by Gasteiger charge is -2.22. The average Bonchev–Trinajstić information content (AvgIpc) is 2.42. The highest BCUT2D eigenvalue weighted by Crippen LogP contribution is 2.28. The van der Waals surface area contributed by atoms with Gasteiger partial charge in [0.25, 0.3) is 5.91 Å². The molecule has 0 aliphatic carbocycles. The van der Waals surface area contributed by atoms with Crippen LogP contribution >= 0.6 is 11.6 Å². The highest BCUT2D eigenvalue weighted by molar-refractivity contribution is 6.32. The maximum Gasteiger partial charge on any atom is 0.254 e. The number of carbonyl (C=O) groups excluding carboxylic acids is 1. The highest BCUT2D eigenvalue weighted by Gasteiger charge is 2.21. The van der Waals surface area contributed by atoms with E-state index in [-0.39, 0.29) is 12.0 Å².